The first kappa shape index (κ1) is 12.2. The quantitative estimate of drug-likeness (QED) is 0.894. The second kappa shape index (κ2) is 4.65. The lowest BCUT2D eigenvalue weighted by molar-refractivity contribution is 0.273. The van der Waals surface area contributed by atoms with E-state index < -0.39 is 0 Å². The molecule has 4 heteroatoms. The minimum absolute atomic E-state index is 0.0893. The van der Waals surface area contributed by atoms with Gasteiger partial charge in [-0.3, -0.25) is 0 Å². The number of hydrogen-bond donors (Lipinski definition) is 1. The Morgan fingerprint density at radius 3 is 3.00 bits per heavy atom. The van der Waals surface area contributed by atoms with E-state index in [9.17, 15) is 0 Å². The van der Waals surface area contributed by atoms with Gasteiger partial charge in [-0.05, 0) is 51.5 Å². The molecule has 1 saturated carbocycles. The summed E-state index contributed by atoms with van der Waals surface area (Å²) in [5.41, 5.74) is -0.0893. The largest absolute Gasteiger partial charge is 0.337 e. The van der Waals surface area contributed by atoms with Crippen molar-refractivity contribution in [1.29, 1.82) is 0 Å². The average molecular weight is 249 g/mol. The molecule has 1 aromatic heterocycles. The van der Waals surface area contributed by atoms with Crippen molar-refractivity contribution < 1.29 is 4.52 Å². The molecule has 2 fully saturated rings. The van der Waals surface area contributed by atoms with E-state index in [-0.39, 0.29) is 5.54 Å². The number of aromatic nitrogens is 2. The molecule has 1 N–H and O–H groups in total. The molecule has 3 atom stereocenters. The van der Waals surface area contributed by atoms with Crippen molar-refractivity contribution in [3.8, 4) is 0 Å². The lowest BCUT2D eigenvalue weighted by Crippen LogP contribution is -2.33. The van der Waals surface area contributed by atoms with Gasteiger partial charge in [0, 0.05) is 5.92 Å². The van der Waals surface area contributed by atoms with Gasteiger partial charge >= 0.3 is 0 Å². The molecule has 0 aromatic carbocycles. The molecule has 1 aromatic rings. The fourth-order valence-corrected chi connectivity index (χ4v) is 3.38. The lowest BCUT2D eigenvalue weighted by Gasteiger charge is -2.18. The van der Waals surface area contributed by atoms with Gasteiger partial charge in [-0.2, -0.15) is 4.98 Å². The van der Waals surface area contributed by atoms with Crippen molar-refractivity contribution in [3.63, 3.8) is 0 Å². The fraction of sp³-hybridized carbons (Fsp3) is 0.857. The molecule has 0 spiro atoms. The monoisotopic (exact) mass is 249 g/mol. The molecular weight excluding hydrogens is 226 g/mol. The van der Waals surface area contributed by atoms with Crippen LogP contribution in [-0.4, -0.2) is 16.7 Å². The Bertz CT molecular complexity index is 409. The zero-order valence-corrected chi connectivity index (χ0v) is 11.4. The molecule has 1 aliphatic carbocycles. The maximum absolute atomic E-state index is 5.51. The van der Waals surface area contributed by atoms with E-state index in [0.29, 0.717) is 5.92 Å². The molecule has 3 unspecified atom stereocenters. The highest BCUT2D eigenvalue weighted by atomic mass is 16.5. The Balaban J connectivity index is 1.74. The van der Waals surface area contributed by atoms with Gasteiger partial charge in [-0.1, -0.05) is 18.5 Å². The molecule has 0 amide bonds. The van der Waals surface area contributed by atoms with Gasteiger partial charge in [0.25, 0.3) is 0 Å². The first-order chi connectivity index (χ1) is 8.71. The summed E-state index contributed by atoms with van der Waals surface area (Å²) in [4.78, 5) is 4.67. The summed E-state index contributed by atoms with van der Waals surface area (Å²) in [7, 11) is 0. The number of nitrogens with one attached hydrogen (secondary N) is 1. The summed E-state index contributed by atoms with van der Waals surface area (Å²) < 4.78 is 5.51. The van der Waals surface area contributed by atoms with Crippen LogP contribution in [0.15, 0.2) is 4.52 Å². The molecule has 4 nitrogen and oxygen atoms in total. The van der Waals surface area contributed by atoms with Crippen LogP contribution in [0.5, 0.6) is 0 Å². The number of rotatable bonds is 3. The molecule has 1 aliphatic heterocycles. The predicted octanol–water partition coefficient (Wildman–Crippen LogP) is 2.96. The highest BCUT2D eigenvalue weighted by Gasteiger charge is 2.37. The number of hydrogen-bond acceptors (Lipinski definition) is 4. The maximum atomic E-state index is 5.51. The number of nitrogens with zero attached hydrogens (tertiary/aromatic N) is 2. The van der Waals surface area contributed by atoms with E-state index in [2.05, 4.69) is 29.3 Å². The zero-order valence-electron chi connectivity index (χ0n) is 11.4. The second-order valence-electron chi connectivity index (χ2n) is 6.10. The van der Waals surface area contributed by atoms with Crippen LogP contribution in [0.4, 0.5) is 0 Å². The highest BCUT2D eigenvalue weighted by Crippen LogP contribution is 2.39. The van der Waals surface area contributed by atoms with E-state index in [0.717, 1.165) is 30.6 Å². The van der Waals surface area contributed by atoms with E-state index in [1.807, 2.05) is 0 Å². The van der Waals surface area contributed by atoms with Crippen LogP contribution in [0, 0.1) is 5.92 Å². The summed E-state index contributed by atoms with van der Waals surface area (Å²) >= 11 is 0. The summed E-state index contributed by atoms with van der Waals surface area (Å²) in [6, 6.07) is 0. The van der Waals surface area contributed by atoms with Gasteiger partial charge < -0.3 is 9.84 Å². The van der Waals surface area contributed by atoms with Gasteiger partial charge in [-0.25, -0.2) is 0 Å². The van der Waals surface area contributed by atoms with E-state index in [4.69, 9.17) is 4.52 Å². The molecule has 100 valence electrons. The normalized spacial score (nSPS) is 36.3. The first-order valence-corrected chi connectivity index (χ1v) is 7.30. The van der Waals surface area contributed by atoms with Crippen molar-refractivity contribution in [3.05, 3.63) is 11.7 Å². The molecule has 1 saturated heterocycles. The second-order valence-corrected chi connectivity index (χ2v) is 6.10. The van der Waals surface area contributed by atoms with Crippen molar-refractivity contribution >= 4 is 0 Å². The minimum atomic E-state index is -0.0893. The minimum Gasteiger partial charge on any atom is -0.337 e. The van der Waals surface area contributed by atoms with Crippen molar-refractivity contribution in [2.24, 2.45) is 5.92 Å². The van der Waals surface area contributed by atoms with Crippen LogP contribution in [0.3, 0.4) is 0 Å². The molecule has 2 aliphatic rings. The maximum Gasteiger partial charge on any atom is 0.246 e. The Hall–Kier alpha value is -0.900. The lowest BCUT2D eigenvalue weighted by atomic mass is 10.00. The van der Waals surface area contributed by atoms with Crippen LogP contribution >= 0.6 is 0 Å². The highest BCUT2D eigenvalue weighted by molar-refractivity contribution is 5.07. The summed E-state index contributed by atoms with van der Waals surface area (Å²) in [6.45, 7) is 5.49. The average Bonchev–Trinajstić information content (AvgIpc) is 3.08. The van der Waals surface area contributed by atoms with Gasteiger partial charge in [0.05, 0.1) is 5.54 Å². The summed E-state index contributed by atoms with van der Waals surface area (Å²) in [5, 5.41) is 7.71. The van der Waals surface area contributed by atoms with E-state index in [1.165, 1.54) is 32.1 Å². The molecular formula is C14H23N3O. The standard InChI is InChI=1S/C14H23N3O/c1-3-10-5-6-11(9-10)12-16-13(18-17-12)14(2)7-4-8-15-14/h10-11,15H,3-9H2,1-2H3. The topological polar surface area (TPSA) is 51.0 Å². The predicted molar refractivity (Wildman–Crippen MR) is 69.3 cm³/mol. The molecule has 18 heavy (non-hydrogen) atoms. The smallest absolute Gasteiger partial charge is 0.246 e. The third kappa shape index (κ3) is 2.07. The van der Waals surface area contributed by atoms with Gasteiger partial charge in [-0.15, -0.1) is 0 Å². The Kier molecular flexibility index (Phi) is 3.14. The molecule has 0 bridgehead atoms. The fourth-order valence-electron chi connectivity index (χ4n) is 3.38. The van der Waals surface area contributed by atoms with E-state index >= 15 is 0 Å². The van der Waals surface area contributed by atoms with Crippen molar-refractivity contribution in [2.45, 2.75) is 63.8 Å². The SMILES string of the molecule is CCC1CCC(c2noc(C3(C)CCCN3)n2)C1. The Labute approximate surface area is 109 Å². The van der Waals surface area contributed by atoms with Gasteiger partial charge in [0.15, 0.2) is 5.82 Å². The summed E-state index contributed by atoms with van der Waals surface area (Å²) in [5.74, 6) is 3.11. The van der Waals surface area contributed by atoms with Crippen LogP contribution in [-0.2, 0) is 5.54 Å². The van der Waals surface area contributed by atoms with Gasteiger partial charge in [0.1, 0.15) is 0 Å². The van der Waals surface area contributed by atoms with Crippen LogP contribution in [0.1, 0.15) is 70.0 Å². The van der Waals surface area contributed by atoms with Crippen LogP contribution in [0.25, 0.3) is 0 Å². The van der Waals surface area contributed by atoms with Crippen LogP contribution in [0.2, 0.25) is 0 Å². The molecule has 0 radical (unpaired) electrons. The van der Waals surface area contributed by atoms with Crippen molar-refractivity contribution in [1.82, 2.24) is 15.5 Å². The zero-order chi connectivity index (χ0) is 12.6. The Morgan fingerprint density at radius 1 is 1.44 bits per heavy atom. The van der Waals surface area contributed by atoms with Crippen molar-refractivity contribution in [2.75, 3.05) is 6.54 Å². The van der Waals surface area contributed by atoms with Gasteiger partial charge in [0.2, 0.25) is 5.89 Å². The molecule has 2 heterocycles. The molecule has 3 rings (SSSR count). The third-order valence-corrected chi connectivity index (χ3v) is 4.77. The Morgan fingerprint density at radius 2 is 2.33 bits per heavy atom. The van der Waals surface area contributed by atoms with E-state index in [1.54, 1.807) is 0 Å². The first-order valence-electron chi connectivity index (χ1n) is 7.30. The van der Waals surface area contributed by atoms with Crippen LogP contribution < -0.4 is 5.32 Å². The summed E-state index contributed by atoms with van der Waals surface area (Å²) in [6.07, 6.45) is 7.34. The third-order valence-electron chi connectivity index (χ3n) is 4.77.